The molecule has 78 valence electrons. The molecule has 3 nitrogen and oxygen atoms in total. The summed E-state index contributed by atoms with van der Waals surface area (Å²) in [5.41, 5.74) is 0. The number of carbonyl (C=O) groups is 1. The SMILES string of the molecule is O=C(CCCCCl)NCCCCO. The number of rotatable bonds is 8. The molecule has 0 atom stereocenters. The van der Waals surface area contributed by atoms with Gasteiger partial charge in [0.2, 0.25) is 5.91 Å². The first kappa shape index (κ1) is 12.7. The fourth-order valence-electron chi connectivity index (χ4n) is 0.933. The molecule has 0 aromatic rings. The van der Waals surface area contributed by atoms with E-state index in [1.807, 2.05) is 0 Å². The lowest BCUT2D eigenvalue weighted by Crippen LogP contribution is -2.24. The van der Waals surface area contributed by atoms with Crippen LogP contribution in [0.25, 0.3) is 0 Å². The zero-order valence-corrected chi connectivity index (χ0v) is 8.65. The third kappa shape index (κ3) is 9.64. The predicted octanol–water partition coefficient (Wildman–Crippen LogP) is 1.28. The number of alkyl halides is 1. The van der Waals surface area contributed by atoms with Gasteiger partial charge in [0.1, 0.15) is 0 Å². The summed E-state index contributed by atoms with van der Waals surface area (Å²) < 4.78 is 0. The number of aliphatic hydroxyl groups is 1. The molecular formula is C9H18ClNO2. The largest absolute Gasteiger partial charge is 0.396 e. The fourth-order valence-corrected chi connectivity index (χ4v) is 1.12. The van der Waals surface area contributed by atoms with E-state index in [2.05, 4.69) is 5.32 Å². The maximum absolute atomic E-state index is 11.1. The summed E-state index contributed by atoms with van der Waals surface area (Å²) in [6.07, 6.45) is 3.91. The van der Waals surface area contributed by atoms with E-state index in [1.54, 1.807) is 0 Å². The summed E-state index contributed by atoms with van der Waals surface area (Å²) in [6.45, 7) is 0.863. The number of unbranched alkanes of at least 4 members (excludes halogenated alkanes) is 2. The number of nitrogens with one attached hydrogen (secondary N) is 1. The van der Waals surface area contributed by atoms with E-state index in [1.165, 1.54) is 0 Å². The van der Waals surface area contributed by atoms with Gasteiger partial charge in [-0.25, -0.2) is 0 Å². The third-order valence-corrected chi connectivity index (χ3v) is 1.96. The highest BCUT2D eigenvalue weighted by Crippen LogP contribution is 1.96. The van der Waals surface area contributed by atoms with Gasteiger partial charge in [0.15, 0.2) is 0 Å². The van der Waals surface area contributed by atoms with Crippen LogP contribution in [0.15, 0.2) is 0 Å². The minimum absolute atomic E-state index is 0.0862. The van der Waals surface area contributed by atoms with Crippen molar-refractivity contribution in [1.82, 2.24) is 5.32 Å². The monoisotopic (exact) mass is 207 g/mol. The summed E-state index contributed by atoms with van der Waals surface area (Å²) in [5, 5.41) is 11.3. The minimum Gasteiger partial charge on any atom is -0.396 e. The van der Waals surface area contributed by atoms with Crippen molar-refractivity contribution in [3.8, 4) is 0 Å². The Kier molecular flexibility index (Phi) is 9.59. The van der Waals surface area contributed by atoms with Gasteiger partial charge in [-0.2, -0.15) is 0 Å². The quantitative estimate of drug-likeness (QED) is 0.466. The Hall–Kier alpha value is -0.280. The van der Waals surface area contributed by atoms with Crippen molar-refractivity contribution < 1.29 is 9.90 Å². The Morgan fingerprint density at radius 2 is 2.00 bits per heavy atom. The van der Waals surface area contributed by atoms with Crippen LogP contribution < -0.4 is 5.32 Å². The van der Waals surface area contributed by atoms with E-state index in [4.69, 9.17) is 16.7 Å². The van der Waals surface area contributed by atoms with Crippen LogP contribution in [0.5, 0.6) is 0 Å². The first-order chi connectivity index (χ1) is 6.31. The molecule has 4 heteroatoms. The van der Waals surface area contributed by atoms with Crippen molar-refractivity contribution in [3.05, 3.63) is 0 Å². The van der Waals surface area contributed by atoms with E-state index in [9.17, 15) is 4.79 Å². The van der Waals surface area contributed by atoms with Crippen LogP contribution in [0.3, 0.4) is 0 Å². The second-order valence-electron chi connectivity index (χ2n) is 2.93. The van der Waals surface area contributed by atoms with Crippen molar-refractivity contribution in [3.63, 3.8) is 0 Å². The number of hydrogen-bond donors (Lipinski definition) is 2. The minimum atomic E-state index is 0.0862. The Morgan fingerprint density at radius 1 is 1.23 bits per heavy atom. The van der Waals surface area contributed by atoms with E-state index in [-0.39, 0.29) is 12.5 Å². The smallest absolute Gasteiger partial charge is 0.219 e. The molecule has 0 aromatic carbocycles. The molecule has 2 N–H and O–H groups in total. The number of halogens is 1. The van der Waals surface area contributed by atoms with Crippen molar-refractivity contribution in [2.45, 2.75) is 32.1 Å². The van der Waals surface area contributed by atoms with E-state index in [0.29, 0.717) is 18.8 Å². The molecule has 0 heterocycles. The van der Waals surface area contributed by atoms with Crippen molar-refractivity contribution in [2.24, 2.45) is 0 Å². The highest BCUT2D eigenvalue weighted by Gasteiger charge is 1.98. The van der Waals surface area contributed by atoms with Crippen LogP contribution in [0.4, 0.5) is 0 Å². The topological polar surface area (TPSA) is 49.3 Å². The molecule has 0 aliphatic heterocycles. The lowest BCUT2D eigenvalue weighted by Gasteiger charge is -2.03. The zero-order chi connectivity index (χ0) is 9.94. The standard InChI is InChI=1S/C9H18ClNO2/c10-6-2-1-5-9(13)11-7-3-4-8-12/h12H,1-8H2,(H,11,13). The van der Waals surface area contributed by atoms with E-state index in [0.717, 1.165) is 25.7 Å². The van der Waals surface area contributed by atoms with Gasteiger partial charge in [0, 0.05) is 25.5 Å². The highest BCUT2D eigenvalue weighted by molar-refractivity contribution is 6.17. The second-order valence-corrected chi connectivity index (χ2v) is 3.30. The normalized spacial score (nSPS) is 10.0. The summed E-state index contributed by atoms with van der Waals surface area (Å²) in [5.74, 6) is 0.709. The molecule has 13 heavy (non-hydrogen) atoms. The van der Waals surface area contributed by atoms with Gasteiger partial charge < -0.3 is 10.4 Å². The first-order valence-corrected chi connectivity index (χ1v) is 5.28. The molecule has 0 saturated carbocycles. The number of aliphatic hydroxyl groups excluding tert-OH is 1. The van der Waals surface area contributed by atoms with Crippen LogP contribution >= 0.6 is 11.6 Å². The third-order valence-electron chi connectivity index (χ3n) is 1.69. The van der Waals surface area contributed by atoms with Gasteiger partial charge in [-0.1, -0.05) is 0 Å². The number of hydrogen-bond acceptors (Lipinski definition) is 2. The van der Waals surface area contributed by atoms with Gasteiger partial charge in [0.25, 0.3) is 0 Å². The van der Waals surface area contributed by atoms with Gasteiger partial charge in [-0.05, 0) is 25.7 Å². The number of carbonyl (C=O) groups excluding carboxylic acids is 1. The molecule has 0 bridgehead atoms. The highest BCUT2D eigenvalue weighted by atomic mass is 35.5. The lowest BCUT2D eigenvalue weighted by atomic mass is 10.2. The molecule has 0 spiro atoms. The summed E-state index contributed by atoms with van der Waals surface area (Å²) in [4.78, 5) is 11.1. The Balaban J connectivity index is 3.11. The average Bonchev–Trinajstić information content (AvgIpc) is 2.13. The Morgan fingerprint density at radius 3 is 2.62 bits per heavy atom. The summed E-state index contributed by atoms with van der Waals surface area (Å²) in [6, 6.07) is 0. The molecule has 1 amide bonds. The molecule has 0 aliphatic carbocycles. The molecule has 0 fully saturated rings. The van der Waals surface area contributed by atoms with Crippen LogP contribution in [-0.2, 0) is 4.79 Å². The lowest BCUT2D eigenvalue weighted by molar-refractivity contribution is -0.121. The van der Waals surface area contributed by atoms with Crippen LogP contribution in [0.1, 0.15) is 32.1 Å². The van der Waals surface area contributed by atoms with Crippen molar-refractivity contribution in [1.29, 1.82) is 0 Å². The maximum atomic E-state index is 11.1. The molecule has 0 aliphatic rings. The fraction of sp³-hybridized carbons (Fsp3) is 0.889. The number of amides is 1. The average molecular weight is 208 g/mol. The Bertz CT molecular complexity index is 131. The molecule has 0 aromatic heterocycles. The predicted molar refractivity (Wildman–Crippen MR) is 53.9 cm³/mol. The van der Waals surface area contributed by atoms with Crippen molar-refractivity contribution >= 4 is 17.5 Å². The van der Waals surface area contributed by atoms with Gasteiger partial charge >= 0.3 is 0 Å². The Labute approximate surface area is 84.5 Å². The first-order valence-electron chi connectivity index (χ1n) is 4.74. The molecule has 0 radical (unpaired) electrons. The molecular weight excluding hydrogens is 190 g/mol. The van der Waals surface area contributed by atoms with Crippen molar-refractivity contribution in [2.75, 3.05) is 19.0 Å². The zero-order valence-electron chi connectivity index (χ0n) is 7.89. The second kappa shape index (κ2) is 9.81. The van der Waals surface area contributed by atoms with Gasteiger partial charge in [0.05, 0.1) is 0 Å². The van der Waals surface area contributed by atoms with Crippen LogP contribution in [0.2, 0.25) is 0 Å². The van der Waals surface area contributed by atoms with Crippen LogP contribution in [0, 0.1) is 0 Å². The van der Waals surface area contributed by atoms with Gasteiger partial charge in [-0.15, -0.1) is 11.6 Å². The van der Waals surface area contributed by atoms with Crippen LogP contribution in [-0.4, -0.2) is 30.0 Å². The molecule has 0 saturated heterocycles. The summed E-state index contributed by atoms with van der Waals surface area (Å²) in [7, 11) is 0. The molecule has 0 unspecified atom stereocenters. The summed E-state index contributed by atoms with van der Waals surface area (Å²) >= 11 is 5.47. The molecule has 0 rings (SSSR count). The van der Waals surface area contributed by atoms with Gasteiger partial charge in [-0.3, -0.25) is 4.79 Å². The maximum Gasteiger partial charge on any atom is 0.219 e. The van der Waals surface area contributed by atoms with E-state index >= 15 is 0 Å². The van der Waals surface area contributed by atoms with E-state index < -0.39 is 0 Å².